The molecular weight excluding hydrogens is 212 g/mol. The van der Waals surface area contributed by atoms with Gasteiger partial charge in [-0.25, -0.2) is 0 Å². The molecule has 3 nitrogen and oxygen atoms in total. The van der Waals surface area contributed by atoms with Gasteiger partial charge >= 0.3 is 0 Å². The minimum absolute atomic E-state index is 0.509. The average molecular weight is 228 g/mol. The van der Waals surface area contributed by atoms with E-state index in [9.17, 15) is 0 Å². The van der Waals surface area contributed by atoms with Gasteiger partial charge in [0.2, 0.25) is 0 Å². The van der Waals surface area contributed by atoms with Crippen LogP contribution in [0, 0.1) is 0 Å². The number of furan rings is 1. The van der Waals surface area contributed by atoms with Crippen LogP contribution in [0.4, 0.5) is 0 Å². The van der Waals surface area contributed by atoms with Gasteiger partial charge < -0.3 is 4.42 Å². The Morgan fingerprint density at radius 1 is 1.29 bits per heavy atom. The molecule has 0 radical (unpaired) electrons. The maximum absolute atomic E-state index is 5.96. The van der Waals surface area contributed by atoms with Gasteiger partial charge in [0.1, 0.15) is 5.76 Å². The average Bonchev–Trinajstić information content (AvgIpc) is 3.02. The standard InChI is InChI=1S/C14H16N2O/c1-2-11-3-4-12(16(11)7-1)13-8-10-5-6-15-9-14(10)17-13/h5-6,8-9,11-12H,1-4,7H2/t11?,12-/m1/s1. The smallest absolute Gasteiger partial charge is 0.152 e. The molecule has 0 amide bonds. The Balaban J connectivity index is 1.74. The van der Waals surface area contributed by atoms with E-state index in [2.05, 4.69) is 16.0 Å². The normalized spacial score (nSPS) is 28.9. The van der Waals surface area contributed by atoms with Crippen molar-refractivity contribution in [2.75, 3.05) is 6.54 Å². The minimum atomic E-state index is 0.509. The summed E-state index contributed by atoms with van der Waals surface area (Å²) in [5, 5.41) is 1.18. The third-order valence-corrected chi connectivity index (χ3v) is 4.27. The molecule has 0 aromatic carbocycles. The molecule has 2 fully saturated rings. The highest BCUT2D eigenvalue weighted by molar-refractivity contribution is 5.76. The van der Waals surface area contributed by atoms with Gasteiger partial charge in [0.25, 0.3) is 0 Å². The molecule has 0 N–H and O–H groups in total. The Hall–Kier alpha value is -1.35. The molecule has 1 unspecified atom stereocenters. The molecule has 2 aromatic heterocycles. The van der Waals surface area contributed by atoms with Crippen LogP contribution >= 0.6 is 0 Å². The van der Waals surface area contributed by atoms with E-state index in [4.69, 9.17) is 4.42 Å². The lowest BCUT2D eigenvalue weighted by Gasteiger charge is -2.21. The third-order valence-electron chi connectivity index (χ3n) is 4.27. The van der Waals surface area contributed by atoms with Crippen molar-refractivity contribution < 1.29 is 4.42 Å². The fraction of sp³-hybridized carbons (Fsp3) is 0.500. The van der Waals surface area contributed by atoms with E-state index in [0.29, 0.717) is 6.04 Å². The second-order valence-corrected chi connectivity index (χ2v) is 5.19. The molecule has 3 heteroatoms. The molecule has 2 aromatic rings. The highest BCUT2D eigenvalue weighted by Gasteiger charge is 2.38. The largest absolute Gasteiger partial charge is 0.458 e. The Morgan fingerprint density at radius 3 is 3.24 bits per heavy atom. The minimum Gasteiger partial charge on any atom is -0.458 e. The Bertz CT molecular complexity index is 515. The molecule has 2 atom stereocenters. The van der Waals surface area contributed by atoms with E-state index in [1.165, 1.54) is 37.6 Å². The highest BCUT2D eigenvalue weighted by Crippen LogP contribution is 2.42. The highest BCUT2D eigenvalue weighted by atomic mass is 16.3. The van der Waals surface area contributed by atoms with E-state index in [1.54, 1.807) is 0 Å². The molecular formula is C14H16N2O. The zero-order valence-electron chi connectivity index (χ0n) is 9.80. The van der Waals surface area contributed by atoms with E-state index in [0.717, 1.165) is 17.4 Å². The second-order valence-electron chi connectivity index (χ2n) is 5.19. The number of hydrogen-bond acceptors (Lipinski definition) is 3. The van der Waals surface area contributed by atoms with Crippen molar-refractivity contribution in [1.82, 2.24) is 9.88 Å². The third kappa shape index (κ3) is 1.42. The number of nitrogens with zero attached hydrogens (tertiary/aromatic N) is 2. The summed E-state index contributed by atoms with van der Waals surface area (Å²) >= 11 is 0. The van der Waals surface area contributed by atoms with Crippen LogP contribution in [0.25, 0.3) is 11.0 Å². The summed E-state index contributed by atoms with van der Waals surface area (Å²) in [7, 11) is 0. The predicted molar refractivity (Wildman–Crippen MR) is 65.7 cm³/mol. The van der Waals surface area contributed by atoms with Gasteiger partial charge in [0, 0.05) is 17.6 Å². The summed E-state index contributed by atoms with van der Waals surface area (Å²) in [5.41, 5.74) is 0.921. The van der Waals surface area contributed by atoms with E-state index in [1.807, 2.05) is 18.5 Å². The van der Waals surface area contributed by atoms with Crippen molar-refractivity contribution in [1.29, 1.82) is 0 Å². The van der Waals surface area contributed by atoms with Crippen LogP contribution in [0.2, 0.25) is 0 Å². The van der Waals surface area contributed by atoms with Crippen LogP contribution in [-0.2, 0) is 0 Å². The zero-order chi connectivity index (χ0) is 11.2. The van der Waals surface area contributed by atoms with Crippen molar-refractivity contribution in [3.05, 3.63) is 30.3 Å². The molecule has 0 spiro atoms. The van der Waals surface area contributed by atoms with Gasteiger partial charge in [0.05, 0.1) is 12.2 Å². The lowest BCUT2D eigenvalue weighted by Crippen LogP contribution is -2.25. The lowest BCUT2D eigenvalue weighted by molar-refractivity contribution is 0.225. The molecule has 2 saturated heterocycles. The molecule has 4 rings (SSSR count). The summed E-state index contributed by atoms with van der Waals surface area (Å²) in [6, 6.07) is 5.54. The summed E-state index contributed by atoms with van der Waals surface area (Å²) in [6.45, 7) is 1.24. The quantitative estimate of drug-likeness (QED) is 0.751. The van der Waals surface area contributed by atoms with Gasteiger partial charge in [-0.2, -0.15) is 0 Å². The van der Waals surface area contributed by atoms with Crippen LogP contribution in [-0.4, -0.2) is 22.5 Å². The van der Waals surface area contributed by atoms with Crippen LogP contribution in [0.5, 0.6) is 0 Å². The van der Waals surface area contributed by atoms with Gasteiger partial charge in [-0.3, -0.25) is 9.88 Å². The predicted octanol–water partition coefficient (Wildman–Crippen LogP) is 3.13. The second kappa shape index (κ2) is 3.57. The fourth-order valence-corrected chi connectivity index (χ4v) is 3.47. The van der Waals surface area contributed by atoms with Crippen molar-refractivity contribution >= 4 is 11.0 Å². The molecule has 2 aliphatic heterocycles. The molecule has 17 heavy (non-hydrogen) atoms. The van der Waals surface area contributed by atoms with Gasteiger partial charge in [-0.1, -0.05) is 0 Å². The molecule has 4 heterocycles. The monoisotopic (exact) mass is 228 g/mol. The maximum atomic E-state index is 5.96. The van der Waals surface area contributed by atoms with Crippen molar-refractivity contribution in [3.8, 4) is 0 Å². The Morgan fingerprint density at radius 2 is 2.29 bits per heavy atom. The van der Waals surface area contributed by atoms with Crippen molar-refractivity contribution in [2.45, 2.75) is 37.8 Å². The fourth-order valence-electron chi connectivity index (χ4n) is 3.47. The lowest BCUT2D eigenvalue weighted by atomic mass is 10.1. The van der Waals surface area contributed by atoms with Gasteiger partial charge in [-0.15, -0.1) is 0 Å². The van der Waals surface area contributed by atoms with Gasteiger partial charge in [0.15, 0.2) is 5.58 Å². The van der Waals surface area contributed by atoms with Crippen LogP contribution in [0.3, 0.4) is 0 Å². The zero-order valence-corrected chi connectivity index (χ0v) is 9.80. The van der Waals surface area contributed by atoms with Crippen LogP contribution < -0.4 is 0 Å². The maximum Gasteiger partial charge on any atom is 0.152 e. The Kier molecular flexibility index (Phi) is 2.03. The number of rotatable bonds is 1. The SMILES string of the molecule is c1cc2cc([C@H]3CCC4CCCN43)oc2cn1. The molecule has 2 aliphatic rings. The summed E-state index contributed by atoms with van der Waals surface area (Å²) in [5.74, 6) is 1.14. The van der Waals surface area contributed by atoms with Crippen LogP contribution in [0.15, 0.2) is 28.9 Å². The molecule has 0 aliphatic carbocycles. The first-order valence-corrected chi connectivity index (χ1v) is 6.51. The number of hydrogen-bond donors (Lipinski definition) is 0. The van der Waals surface area contributed by atoms with E-state index >= 15 is 0 Å². The van der Waals surface area contributed by atoms with E-state index in [-0.39, 0.29) is 0 Å². The molecule has 0 saturated carbocycles. The first-order chi connectivity index (χ1) is 8.42. The summed E-state index contributed by atoms with van der Waals surface area (Å²) < 4.78 is 5.96. The van der Waals surface area contributed by atoms with Crippen molar-refractivity contribution in [2.24, 2.45) is 0 Å². The molecule has 88 valence electrons. The first-order valence-electron chi connectivity index (χ1n) is 6.51. The Labute approximate surface area is 100 Å². The van der Waals surface area contributed by atoms with E-state index < -0.39 is 0 Å². The number of aromatic nitrogens is 1. The van der Waals surface area contributed by atoms with Crippen molar-refractivity contribution in [3.63, 3.8) is 0 Å². The summed E-state index contributed by atoms with van der Waals surface area (Å²) in [4.78, 5) is 6.74. The molecule has 0 bridgehead atoms. The summed E-state index contributed by atoms with van der Waals surface area (Å²) in [6.07, 6.45) is 8.95. The van der Waals surface area contributed by atoms with Gasteiger partial charge in [-0.05, 0) is 44.4 Å². The topological polar surface area (TPSA) is 29.3 Å². The first kappa shape index (κ1) is 9.66. The number of pyridine rings is 1. The number of fused-ring (bicyclic) bond motifs is 2. The van der Waals surface area contributed by atoms with Crippen LogP contribution in [0.1, 0.15) is 37.5 Å².